The van der Waals surface area contributed by atoms with Gasteiger partial charge in [-0.1, -0.05) is 44.5 Å². The Morgan fingerprint density at radius 1 is 1.19 bits per heavy atom. The van der Waals surface area contributed by atoms with Crippen molar-refractivity contribution in [1.82, 2.24) is 0 Å². The second-order valence-electron chi connectivity index (χ2n) is 7.99. The third-order valence-electron chi connectivity index (χ3n) is 6.42. The zero-order valence-corrected chi connectivity index (χ0v) is 15.7. The van der Waals surface area contributed by atoms with Crippen molar-refractivity contribution in [3.05, 3.63) is 47.5 Å². The Bertz CT molecular complexity index is 693. The van der Waals surface area contributed by atoms with Gasteiger partial charge in [0.05, 0.1) is 11.5 Å². The van der Waals surface area contributed by atoms with Crippen LogP contribution in [0.5, 0.6) is 0 Å². The van der Waals surface area contributed by atoms with Crippen molar-refractivity contribution in [3.63, 3.8) is 0 Å². The maximum atomic E-state index is 12.4. The first-order valence-corrected chi connectivity index (χ1v) is 9.55. The molecular formula is C22H28O4. The molecule has 140 valence electrons. The number of ether oxygens (including phenoxy) is 1. The van der Waals surface area contributed by atoms with E-state index in [1.807, 2.05) is 32.0 Å². The number of carboxylic acids is 1. The van der Waals surface area contributed by atoms with E-state index in [4.69, 9.17) is 4.74 Å². The van der Waals surface area contributed by atoms with Crippen LogP contribution in [0.2, 0.25) is 0 Å². The Morgan fingerprint density at radius 3 is 2.54 bits per heavy atom. The summed E-state index contributed by atoms with van der Waals surface area (Å²) in [5, 5.41) is 9.46. The molecule has 0 heterocycles. The fourth-order valence-corrected chi connectivity index (χ4v) is 4.72. The molecule has 4 nitrogen and oxygen atoms in total. The van der Waals surface area contributed by atoms with Crippen molar-refractivity contribution in [2.75, 3.05) is 0 Å². The van der Waals surface area contributed by atoms with E-state index in [0.717, 1.165) is 24.8 Å². The van der Waals surface area contributed by atoms with Crippen LogP contribution in [-0.2, 0) is 9.53 Å². The fourth-order valence-electron chi connectivity index (χ4n) is 4.72. The van der Waals surface area contributed by atoms with Crippen molar-refractivity contribution < 1.29 is 19.4 Å². The van der Waals surface area contributed by atoms with Crippen LogP contribution >= 0.6 is 0 Å². The van der Waals surface area contributed by atoms with E-state index in [2.05, 4.69) is 13.0 Å². The maximum absolute atomic E-state index is 12.4. The highest BCUT2D eigenvalue weighted by atomic mass is 16.5. The summed E-state index contributed by atoms with van der Waals surface area (Å²) in [5.74, 6) is -0.0477. The smallest absolute Gasteiger partial charge is 0.338 e. The summed E-state index contributed by atoms with van der Waals surface area (Å²) in [5.41, 5.74) is 1.61. The minimum Gasteiger partial charge on any atom is -0.481 e. The number of rotatable bonds is 4. The highest BCUT2D eigenvalue weighted by Crippen LogP contribution is 2.48. The normalized spacial score (nSPS) is 32.1. The zero-order chi connectivity index (χ0) is 18.8. The second-order valence-corrected chi connectivity index (χ2v) is 7.99. The molecule has 2 aliphatic carbocycles. The summed E-state index contributed by atoms with van der Waals surface area (Å²) in [6.07, 6.45) is 4.75. The van der Waals surface area contributed by atoms with Crippen LogP contribution in [0.1, 0.15) is 50.4 Å². The molecule has 26 heavy (non-hydrogen) atoms. The summed E-state index contributed by atoms with van der Waals surface area (Å²) < 4.78 is 5.81. The lowest BCUT2D eigenvalue weighted by Crippen LogP contribution is -2.42. The van der Waals surface area contributed by atoms with Gasteiger partial charge in [0.25, 0.3) is 0 Å². The van der Waals surface area contributed by atoms with Crippen LogP contribution in [0.3, 0.4) is 0 Å². The van der Waals surface area contributed by atoms with Gasteiger partial charge in [0, 0.05) is 0 Å². The van der Waals surface area contributed by atoms with Crippen LogP contribution in [0, 0.1) is 29.6 Å². The van der Waals surface area contributed by atoms with Gasteiger partial charge in [-0.25, -0.2) is 4.79 Å². The van der Waals surface area contributed by atoms with Gasteiger partial charge in [-0.3, -0.25) is 4.79 Å². The predicted octanol–water partition coefficient (Wildman–Crippen LogP) is 4.56. The zero-order valence-electron chi connectivity index (χ0n) is 15.7. The molecule has 0 aliphatic heterocycles. The van der Waals surface area contributed by atoms with E-state index in [0.29, 0.717) is 17.4 Å². The molecule has 2 aliphatic rings. The lowest BCUT2D eigenvalue weighted by atomic mass is 9.59. The van der Waals surface area contributed by atoms with Crippen LogP contribution in [-0.4, -0.2) is 23.1 Å². The SMILES string of the molecule is CC1=C[C@@H]2[C@@H](C[C@H]1OC(=O)c1ccccc1)[C@H](C)CC[C@H]2[C@@H](C)C(=O)O. The van der Waals surface area contributed by atoms with E-state index < -0.39 is 5.97 Å². The van der Waals surface area contributed by atoms with Crippen molar-refractivity contribution in [2.45, 2.75) is 46.1 Å². The van der Waals surface area contributed by atoms with E-state index in [1.165, 1.54) is 0 Å². The number of hydrogen-bond donors (Lipinski definition) is 1. The van der Waals surface area contributed by atoms with Crippen LogP contribution < -0.4 is 0 Å². The number of carboxylic acid groups (broad SMARTS) is 1. The molecule has 3 rings (SSSR count). The Balaban J connectivity index is 1.79. The Kier molecular flexibility index (Phi) is 5.49. The third kappa shape index (κ3) is 3.69. The van der Waals surface area contributed by atoms with Crippen LogP contribution in [0.25, 0.3) is 0 Å². The fraction of sp³-hybridized carbons (Fsp3) is 0.545. The highest BCUT2D eigenvalue weighted by Gasteiger charge is 2.44. The molecule has 0 aromatic heterocycles. The molecule has 0 spiro atoms. The van der Waals surface area contributed by atoms with E-state index in [1.54, 1.807) is 12.1 Å². The lowest BCUT2D eigenvalue weighted by molar-refractivity contribution is -0.144. The van der Waals surface area contributed by atoms with Gasteiger partial charge in [-0.15, -0.1) is 0 Å². The summed E-state index contributed by atoms with van der Waals surface area (Å²) in [6.45, 7) is 6.07. The number of esters is 1. The number of carbonyl (C=O) groups is 2. The number of fused-ring (bicyclic) bond motifs is 1. The minimum atomic E-state index is -0.716. The van der Waals surface area contributed by atoms with E-state index in [-0.39, 0.29) is 29.8 Å². The highest BCUT2D eigenvalue weighted by molar-refractivity contribution is 5.89. The molecular weight excluding hydrogens is 328 g/mol. The topological polar surface area (TPSA) is 63.6 Å². The van der Waals surface area contributed by atoms with Crippen molar-refractivity contribution in [2.24, 2.45) is 29.6 Å². The standard InChI is InChI=1S/C22H28O4/c1-13-9-10-17(15(3)21(23)24)19-11-14(2)20(12-18(13)19)26-22(25)16-7-5-4-6-8-16/h4-8,11,13,15,17-20H,9-10,12H2,1-3H3,(H,23,24)/t13-,15-,17+,18+,19+,20-/m1/s1. The molecule has 1 aromatic rings. The molecule has 6 atom stereocenters. The number of aliphatic carboxylic acids is 1. The summed E-state index contributed by atoms with van der Waals surface area (Å²) >= 11 is 0. The molecule has 0 saturated heterocycles. The third-order valence-corrected chi connectivity index (χ3v) is 6.42. The van der Waals surface area contributed by atoms with Gasteiger partial charge in [0.2, 0.25) is 0 Å². The summed E-state index contributed by atoms with van der Waals surface area (Å²) in [6, 6.07) is 9.07. The van der Waals surface area contributed by atoms with E-state index >= 15 is 0 Å². The van der Waals surface area contributed by atoms with Gasteiger partial charge in [0.15, 0.2) is 0 Å². The van der Waals surface area contributed by atoms with Gasteiger partial charge < -0.3 is 9.84 Å². The molecule has 0 amide bonds. The molecule has 0 unspecified atom stereocenters. The largest absolute Gasteiger partial charge is 0.481 e. The number of carbonyl (C=O) groups excluding carboxylic acids is 1. The average molecular weight is 356 g/mol. The number of allylic oxidation sites excluding steroid dienone is 1. The molecule has 0 bridgehead atoms. The van der Waals surface area contributed by atoms with Gasteiger partial charge in [0.1, 0.15) is 6.10 Å². The molecule has 1 fully saturated rings. The van der Waals surface area contributed by atoms with Gasteiger partial charge in [-0.05, 0) is 61.1 Å². The first kappa shape index (κ1) is 18.7. The average Bonchev–Trinajstić information content (AvgIpc) is 2.63. The van der Waals surface area contributed by atoms with Crippen LogP contribution in [0.4, 0.5) is 0 Å². The van der Waals surface area contributed by atoms with Crippen molar-refractivity contribution >= 4 is 11.9 Å². The summed E-state index contributed by atoms with van der Waals surface area (Å²) in [7, 11) is 0. The molecule has 0 radical (unpaired) electrons. The maximum Gasteiger partial charge on any atom is 0.338 e. The summed E-state index contributed by atoms with van der Waals surface area (Å²) in [4.78, 5) is 23.9. The van der Waals surface area contributed by atoms with Crippen LogP contribution in [0.15, 0.2) is 42.0 Å². The minimum absolute atomic E-state index is 0.162. The predicted molar refractivity (Wildman–Crippen MR) is 99.7 cm³/mol. The number of hydrogen-bond acceptors (Lipinski definition) is 3. The monoisotopic (exact) mass is 356 g/mol. The Labute approximate surface area is 155 Å². The van der Waals surface area contributed by atoms with Gasteiger partial charge >= 0.3 is 11.9 Å². The van der Waals surface area contributed by atoms with Gasteiger partial charge in [-0.2, -0.15) is 0 Å². The first-order valence-electron chi connectivity index (χ1n) is 9.55. The van der Waals surface area contributed by atoms with E-state index in [9.17, 15) is 14.7 Å². The molecule has 1 saturated carbocycles. The molecule has 1 N–H and O–H groups in total. The molecule has 4 heteroatoms. The first-order chi connectivity index (χ1) is 12.4. The lowest BCUT2D eigenvalue weighted by Gasteiger charge is -2.46. The molecule has 1 aromatic carbocycles. The van der Waals surface area contributed by atoms with Crippen molar-refractivity contribution in [1.29, 1.82) is 0 Å². The quantitative estimate of drug-likeness (QED) is 0.634. The number of benzene rings is 1. The Hall–Kier alpha value is -2.10. The second kappa shape index (κ2) is 7.65. The van der Waals surface area contributed by atoms with Crippen molar-refractivity contribution in [3.8, 4) is 0 Å². The Morgan fingerprint density at radius 2 is 1.88 bits per heavy atom.